The molecule has 0 aromatic heterocycles. The van der Waals surface area contributed by atoms with Crippen molar-refractivity contribution in [3.8, 4) is 0 Å². The van der Waals surface area contributed by atoms with E-state index in [1.165, 1.54) is 0 Å². The lowest BCUT2D eigenvalue weighted by Crippen LogP contribution is -2.29. The van der Waals surface area contributed by atoms with Gasteiger partial charge in [0.1, 0.15) is 0 Å². The molecule has 1 aliphatic carbocycles. The lowest BCUT2D eigenvalue weighted by molar-refractivity contribution is -0.143. The van der Waals surface area contributed by atoms with E-state index in [-0.39, 0.29) is 17.8 Å². The third-order valence-electron chi connectivity index (χ3n) is 3.13. The van der Waals surface area contributed by atoms with E-state index < -0.39 is 10.0 Å². The van der Waals surface area contributed by atoms with Gasteiger partial charge in [0, 0.05) is 12.5 Å². The first-order valence-electron chi connectivity index (χ1n) is 6.64. The molecule has 1 N–H and O–H groups in total. The molecule has 0 amide bonds. The van der Waals surface area contributed by atoms with E-state index in [4.69, 9.17) is 4.74 Å². The number of carbonyl (C=O) groups excluding carboxylic acids is 1. The fourth-order valence-corrected chi connectivity index (χ4v) is 3.38. The number of esters is 1. The van der Waals surface area contributed by atoms with Crippen molar-refractivity contribution in [3.05, 3.63) is 0 Å². The molecule has 6 heteroatoms. The van der Waals surface area contributed by atoms with E-state index >= 15 is 0 Å². The Balaban J connectivity index is 2.12. The summed E-state index contributed by atoms with van der Waals surface area (Å²) in [4.78, 5) is 11.0. The maximum absolute atomic E-state index is 11.7. The largest absolute Gasteiger partial charge is 0.466 e. The molecule has 0 aliphatic heterocycles. The predicted octanol–water partition coefficient (Wildman–Crippen LogP) is 1.44. The predicted molar refractivity (Wildman–Crippen MR) is 69.6 cm³/mol. The Hall–Kier alpha value is -0.620. The molecule has 0 radical (unpaired) electrons. The third kappa shape index (κ3) is 5.82. The van der Waals surface area contributed by atoms with Crippen LogP contribution in [0.3, 0.4) is 0 Å². The molecule has 0 spiro atoms. The quantitative estimate of drug-likeness (QED) is 0.511. The van der Waals surface area contributed by atoms with Gasteiger partial charge in [0.25, 0.3) is 0 Å². The Morgan fingerprint density at radius 2 is 2.06 bits per heavy atom. The van der Waals surface area contributed by atoms with Gasteiger partial charge in [-0.3, -0.25) is 4.79 Å². The van der Waals surface area contributed by atoms with Crippen LogP contribution in [0.15, 0.2) is 0 Å². The van der Waals surface area contributed by atoms with Crippen molar-refractivity contribution in [1.29, 1.82) is 0 Å². The van der Waals surface area contributed by atoms with Crippen molar-refractivity contribution in [3.63, 3.8) is 0 Å². The van der Waals surface area contributed by atoms with Crippen LogP contribution in [0.4, 0.5) is 0 Å². The highest BCUT2D eigenvalue weighted by Crippen LogP contribution is 2.33. The molecule has 1 fully saturated rings. The summed E-state index contributed by atoms with van der Waals surface area (Å²) in [5, 5.41) is 0. The van der Waals surface area contributed by atoms with E-state index in [2.05, 4.69) is 11.6 Å². The standard InChI is InChI=1S/C12H23NO4S/c1-3-10-9-11(10)13-18(15,16)8-6-5-7-12(14)17-4-2/h10-11,13H,3-9H2,1-2H3/t10-,11-/m1/s1. The SMILES string of the molecule is CCOC(=O)CCCCS(=O)(=O)N[C@@H]1C[C@H]1CC. The van der Waals surface area contributed by atoms with Crippen molar-refractivity contribution >= 4 is 16.0 Å². The Kier molecular flexibility index (Phi) is 6.08. The average Bonchev–Trinajstić information content (AvgIpc) is 3.02. The normalized spacial score (nSPS) is 22.8. The zero-order valence-corrected chi connectivity index (χ0v) is 12.0. The third-order valence-corrected chi connectivity index (χ3v) is 4.62. The molecule has 106 valence electrons. The highest BCUT2D eigenvalue weighted by Gasteiger charge is 2.37. The molecule has 5 nitrogen and oxygen atoms in total. The maximum atomic E-state index is 11.7. The molecule has 0 unspecified atom stereocenters. The van der Waals surface area contributed by atoms with Gasteiger partial charge in [0.05, 0.1) is 12.4 Å². The van der Waals surface area contributed by atoms with Gasteiger partial charge >= 0.3 is 5.97 Å². The van der Waals surface area contributed by atoms with Gasteiger partial charge in [-0.1, -0.05) is 13.3 Å². The molecule has 0 bridgehead atoms. The molecular weight excluding hydrogens is 254 g/mol. The van der Waals surface area contributed by atoms with E-state index in [1.54, 1.807) is 6.92 Å². The number of carbonyl (C=O) groups is 1. The van der Waals surface area contributed by atoms with E-state index in [9.17, 15) is 13.2 Å². The van der Waals surface area contributed by atoms with Crippen molar-refractivity contribution < 1.29 is 17.9 Å². The number of sulfonamides is 1. The first-order chi connectivity index (χ1) is 8.48. The van der Waals surface area contributed by atoms with Crippen LogP contribution >= 0.6 is 0 Å². The smallest absolute Gasteiger partial charge is 0.305 e. The molecular formula is C12H23NO4S. The number of rotatable bonds is 9. The topological polar surface area (TPSA) is 72.5 Å². The second-order valence-corrected chi connectivity index (χ2v) is 6.58. The molecule has 0 heterocycles. The first-order valence-corrected chi connectivity index (χ1v) is 8.29. The van der Waals surface area contributed by atoms with Crippen LogP contribution in [-0.4, -0.2) is 32.8 Å². The summed E-state index contributed by atoms with van der Waals surface area (Å²) in [6.45, 7) is 4.20. The second-order valence-electron chi connectivity index (χ2n) is 4.71. The summed E-state index contributed by atoms with van der Waals surface area (Å²) in [6, 6.07) is 0.144. The molecule has 1 saturated carbocycles. The van der Waals surface area contributed by atoms with Crippen molar-refractivity contribution in [2.24, 2.45) is 5.92 Å². The molecule has 2 atom stereocenters. The monoisotopic (exact) mass is 277 g/mol. The van der Waals surface area contributed by atoms with Crippen LogP contribution in [0, 0.1) is 5.92 Å². The maximum Gasteiger partial charge on any atom is 0.305 e. The first kappa shape index (κ1) is 15.4. The Morgan fingerprint density at radius 3 is 2.61 bits per heavy atom. The van der Waals surface area contributed by atoms with Gasteiger partial charge in [-0.05, 0) is 32.1 Å². The van der Waals surface area contributed by atoms with Crippen molar-refractivity contribution in [2.45, 2.75) is 52.0 Å². The summed E-state index contributed by atoms with van der Waals surface area (Å²) in [7, 11) is -3.17. The summed E-state index contributed by atoms with van der Waals surface area (Å²) < 4.78 is 30.8. The zero-order valence-electron chi connectivity index (χ0n) is 11.1. The number of unbranched alkanes of at least 4 members (excludes halogenated alkanes) is 1. The van der Waals surface area contributed by atoms with Gasteiger partial charge in [-0.2, -0.15) is 0 Å². The molecule has 18 heavy (non-hydrogen) atoms. The minimum absolute atomic E-state index is 0.0966. The number of nitrogens with one attached hydrogen (secondary N) is 1. The molecule has 1 aliphatic rings. The highest BCUT2D eigenvalue weighted by atomic mass is 32.2. The summed E-state index contributed by atoms with van der Waals surface area (Å²) >= 11 is 0. The van der Waals surface area contributed by atoms with Gasteiger partial charge < -0.3 is 4.74 Å². The summed E-state index contributed by atoms with van der Waals surface area (Å²) in [5.41, 5.74) is 0. The minimum atomic E-state index is -3.17. The zero-order chi connectivity index (χ0) is 13.6. The highest BCUT2D eigenvalue weighted by molar-refractivity contribution is 7.89. The minimum Gasteiger partial charge on any atom is -0.466 e. The molecule has 1 rings (SSSR count). The molecule has 0 saturated heterocycles. The van der Waals surface area contributed by atoms with Crippen LogP contribution in [0.25, 0.3) is 0 Å². The lowest BCUT2D eigenvalue weighted by atomic mass is 10.2. The summed E-state index contributed by atoms with van der Waals surface area (Å²) in [5.74, 6) is 0.356. The lowest BCUT2D eigenvalue weighted by Gasteiger charge is -2.06. The van der Waals surface area contributed by atoms with Crippen LogP contribution in [-0.2, 0) is 19.6 Å². The summed E-state index contributed by atoms with van der Waals surface area (Å²) in [6.07, 6.45) is 3.33. The number of hydrogen-bond acceptors (Lipinski definition) is 4. The van der Waals surface area contributed by atoms with Gasteiger partial charge in [0.15, 0.2) is 0 Å². The average molecular weight is 277 g/mol. The molecule has 0 aromatic rings. The van der Waals surface area contributed by atoms with Crippen LogP contribution in [0.2, 0.25) is 0 Å². The van der Waals surface area contributed by atoms with Gasteiger partial charge in [-0.15, -0.1) is 0 Å². The fraction of sp³-hybridized carbons (Fsp3) is 0.917. The van der Waals surface area contributed by atoms with E-state index in [0.717, 1.165) is 12.8 Å². The fourth-order valence-electron chi connectivity index (χ4n) is 1.93. The van der Waals surface area contributed by atoms with E-state index in [1.807, 2.05) is 0 Å². The van der Waals surface area contributed by atoms with Gasteiger partial charge in [-0.25, -0.2) is 13.1 Å². The number of ether oxygens (including phenoxy) is 1. The Labute approximate surface area is 109 Å². The van der Waals surface area contributed by atoms with Crippen LogP contribution in [0.1, 0.15) is 46.0 Å². The second kappa shape index (κ2) is 7.09. The van der Waals surface area contributed by atoms with Crippen LogP contribution < -0.4 is 4.72 Å². The van der Waals surface area contributed by atoms with E-state index in [0.29, 0.717) is 31.8 Å². The van der Waals surface area contributed by atoms with Crippen molar-refractivity contribution in [2.75, 3.05) is 12.4 Å². The Bertz CT molecular complexity index is 366. The van der Waals surface area contributed by atoms with Gasteiger partial charge in [0.2, 0.25) is 10.0 Å². The Morgan fingerprint density at radius 1 is 1.33 bits per heavy atom. The molecule has 0 aromatic carbocycles. The van der Waals surface area contributed by atoms with Crippen LogP contribution in [0.5, 0.6) is 0 Å². The van der Waals surface area contributed by atoms with Crippen molar-refractivity contribution in [1.82, 2.24) is 4.72 Å². The number of hydrogen-bond donors (Lipinski definition) is 1.